The molecular weight excluding hydrogens is 192 g/mol. The van der Waals surface area contributed by atoms with Crippen LogP contribution < -0.4 is 5.73 Å². The Morgan fingerprint density at radius 1 is 1.60 bits per heavy atom. The van der Waals surface area contributed by atoms with Gasteiger partial charge in [0.15, 0.2) is 0 Å². The van der Waals surface area contributed by atoms with Crippen LogP contribution in [0.5, 0.6) is 0 Å². The molecular formula is C11H20N2O2. The second-order valence-electron chi connectivity index (χ2n) is 4.89. The molecule has 0 radical (unpaired) electrons. The fraction of sp³-hybridized carbons (Fsp3) is 0.909. The number of rotatable bonds is 2. The molecule has 4 nitrogen and oxygen atoms in total. The number of hydrogen-bond acceptors (Lipinski definition) is 3. The summed E-state index contributed by atoms with van der Waals surface area (Å²) in [5, 5.41) is 0. The number of carbonyl (C=O) groups is 1. The first-order valence-corrected chi connectivity index (χ1v) is 5.77. The lowest BCUT2D eigenvalue weighted by atomic mass is 9.69. The Hall–Kier alpha value is -0.610. The molecule has 2 rings (SSSR count). The molecule has 0 aromatic rings. The van der Waals surface area contributed by atoms with E-state index >= 15 is 0 Å². The molecule has 4 heteroatoms. The summed E-state index contributed by atoms with van der Waals surface area (Å²) in [4.78, 5) is 14.1. The first kappa shape index (κ1) is 10.9. The number of morpholine rings is 1. The third kappa shape index (κ3) is 2.01. The Labute approximate surface area is 90.8 Å². The van der Waals surface area contributed by atoms with Gasteiger partial charge < -0.3 is 15.4 Å². The summed E-state index contributed by atoms with van der Waals surface area (Å²) in [5.41, 5.74) is 5.47. The fourth-order valence-corrected chi connectivity index (χ4v) is 2.35. The minimum absolute atomic E-state index is 0.0337. The molecule has 1 atom stereocenters. The van der Waals surface area contributed by atoms with Crippen LogP contribution >= 0.6 is 0 Å². The molecule has 1 saturated heterocycles. The van der Waals surface area contributed by atoms with Gasteiger partial charge in [0.05, 0.1) is 12.7 Å². The average molecular weight is 212 g/mol. The van der Waals surface area contributed by atoms with Gasteiger partial charge >= 0.3 is 0 Å². The van der Waals surface area contributed by atoms with Crippen LogP contribution in [-0.2, 0) is 9.53 Å². The highest BCUT2D eigenvalue weighted by Gasteiger charge is 2.42. The number of carbonyl (C=O) groups excluding carboxylic acids is 1. The minimum Gasteiger partial charge on any atom is -0.373 e. The van der Waals surface area contributed by atoms with Crippen molar-refractivity contribution in [2.75, 3.05) is 26.2 Å². The van der Waals surface area contributed by atoms with Crippen LogP contribution in [-0.4, -0.2) is 43.2 Å². The van der Waals surface area contributed by atoms with Crippen LogP contribution in [0.2, 0.25) is 0 Å². The molecule has 15 heavy (non-hydrogen) atoms. The highest BCUT2D eigenvalue weighted by Crippen LogP contribution is 2.42. The zero-order valence-corrected chi connectivity index (χ0v) is 9.37. The number of nitrogens with two attached hydrogens (primary N) is 1. The van der Waals surface area contributed by atoms with Gasteiger partial charge in [-0.2, -0.15) is 0 Å². The second kappa shape index (κ2) is 4.10. The van der Waals surface area contributed by atoms with Gasteiger partial charge in [0.1, 0.15) is 0 Å². The maximum atomic E-state index is 12.2. The Bertz CT molecular complexity index is 251. The van der Waals surface area contributed by atoms with E-state index in [1.165, 1.54) is 6.42 Å². The summed E-state index contributed by atoms with van der Waals surface area (Å²) in [7, 11) is 0. The molecule has 1 unspecified atom stereocenters. The molecule has 1 aliphatic carbocycles. The summed E-state index contributed by atoms with van der Waals surface area (Å²) in [6.45, 7) is 4.60. The zero-order chi connectivity index (χ0) is 10.9. The molecule has 1 amide bonds. The van der Waals surface area contributed by atoms with Crippen molar-refractivity contribution < 1.29 is 9.53 Å². The van der Waals surface area contributed by atoms with Gasteiger partial charge in [0.25, 0.3) is 0 Å². The molecule has 1 saturated carbocycles. The van der Waals surface area contributed by atoms with Crippen molar-refractivity contribution in [3.63, 3.8) is 0 Å². The number of amides is 1. The van der Waals surface area contributed by atoms with Crippen LogP contribution in [0.15, 0.2) is 0 Å². The predicted molar refractivity (Wildman–Crippen MR) is 57.3 cm³/mol. The van der Waals surface area contributed by atoms with Crippen molar-refractivity contribution in [3.05, 3.63) is 0 Å². The lowest BCUT2D eigenvalue weighted by molar-refractivity contribution is -0.153. The summed E-state index contributed by atoms with van der Waals surface area (Å²) >= 11 is 0. The highest BCUT2D eigenvalue weighted by molar-refractivity contribution is 5.83. The molecule has 0 aromatic carbocycles. The van der Waals surface area contributed by atoms with E-state index in [1.54, 1.807) is 0 Å². The zero-order valence-electron chi connectivity index (χ0n) is 9.37. The van der Waals surface area contributed by atoms with Gasteiger partial charge in [0.2, 0.25) is 5.91 Å². The predicted octanol–water partition coefficient (Wildman–Crippen LogP) is 0.363. The van der Waals surface area contributed by atoms with Crippen molar-refractivity contribution in [2.45, 2.75) is 32.3 Å². The summed E-state index contributed by atoms with van der Waals surface area (Å²) in [5.74, 6) is 0.301. The first-order valence-electron chi connectivity index (χ1n) is 5.77. The summed E-state index contributed by atoms with van der Waals surface area (Å²) < 4.78 is 5.45. The van der Waals surface area contributed by atoms with E-state index < -0.39 is 0 Å². The SMILES string of the molecule is CC1(C(=O)N2CCOC(CN)C2)CCC1. The lowest BCUT2D eigenvalue weighted by Crippen LogP contribution is -2.53. The van der Waals surface area contributed by atoms with Crippen molar-refractivity contribution in [1.29, 1.82) is 0 Å². The van der Waals surface area contributed by atoms with Crippen LogP contribution in [0, 0.1) is 5.41 Å². The van der Waals surface area contributed by atoms with Gasteiger partial charge in [-0.15, -0.1) is 0 Å². The third-order valence-corrected chi connectivity index (χ3v) is 3.66. The van der Waals surface area contributed by atoms with Crippen LogP contribution in [0.25, 0.3) is 0 Å². The van der Waals surface area contributed by atoms with Crippen LogP contribution in [0.4, 0.5) is 0 Å². The van der Waals surface area contributed by atoms with Gasteiger partial charge in [-0.1, -0.05) is 13.3 Å². The van der Waals surface area contributed by atoms with E-state index in [9.17, 15) is 4.79 Å². The standard InChI is InChI=1S/C11H20N2O2/c1-11(3-2-4-11)10(14)13-5-6-15-9(7-12)8-13/h9H,2-8,12H2,1H3. The van der Waals surface area contributed by atoms with Gasteiger partial charge in [-0.05, 0) is 12.8 Å². The van der Waals surface area contributed by atoms with Gasteiger partial charge in [-0.3, -0.25) is 4.79 Å². The van der Waals surface area contributed by atoms with Crippen molar-refractivity contribution in [1.82, 2.24) is 4.90 Å². The largest absolute Gasteiger partial charge is 0.373 e. The number of nitrogens with zero attached hydrogens (tertiary/aromatic N) is 1. The number of ether oxygens (including phenoxy) is 1. The normalized spacial score (nSPS) is 29.7. The Morgan fingerprint density at radius 2 is 2.33 bits per heavy atom. The lowest BCUT2D eigenvalue weighted by Gasteiger charge is -2.43. The van der Waals surface area contributed by atoms with Crippen molar-refractivity contribution in [2.24, 2.45) is 11.1 Å². The van der Waals surface area contributed by atoms with Gasteiger partial charge in [0, 0.05) is 25.0 Å². The summed E-state index contributed by atoms with van der Waals surface area (Å²) in [6.07, 6.45) is 3.30. The molecule has 2 aliphatic rings. The maximum absolute atomic E-state index is 12.2. The topological polar surface area (TPSA) is 55.6 Å². The highest BCUT2D eigenvalue weighted by atomic mass is 16.5. The second-order valence-corrected chi connectivity index (χ2v) is 4.89. The van der Waals surface area contributed by atoms with E-state index in [4.69, 9.17) is 10.5 Å². The quantitative estimate of drug-likeness (QED) is 0.719. The van der Waals surface area contributed by atoms with E-state index in [0.717, 1.165) is 19.4 Å². The number of hydrogen-bond donors (Lipinski definition) is 1. The molecule has 0 spiro atoms. The van der Waals surface area contributed by atoms with Crippen LogP contribution in [0.1, 0.15) is 26.2 Å². The summed E-state index contributed by atoms with van der Waals surface area (Å²) in [6, 6.07) is 0. The Kier molecular flexibility index (Phi) is 2.98. The smallest absolute Gasteiger partial charge is 0.228 e. The third-order valence-electron chi connectivity index (χ3n) is 3.66. The Morgan fingerprint density at radius 3 is 2.87 bits per heavy atom. The van der Waals surface area contributed by atoms with E-state index in [0.29, 0.717) is 25.6 Å². The first-order chi connectivity index (χ1) is 7.15. The molecule has 1 heterocycles. The van der Waals surface area contributed by atoms with E-state index in [-0.39, 0.29) is 11.5 Å². The molecule has 86 valence electrons. The minimum atomic E-state index is -0.0868. The fourth-order valence-electron chi connectivity index (χ4n) is 2.35. The average Bonchev–Trinajstić information content (AvgIpc) is 2.25. The Balaban J connectivity index is 1.95. The molecule has 2 N–H and O–H groups in total. The van der Waals surface area contributed by atoms with Crippen molar-refractivity contribution >= 4 is 5.91 Å². The van der Waals surface area contributed by atoms with Gasteiger partial charge in [-0.25, -0.2) is 0 Å². The molecule has 1 aliphatic heterocycles. The maximum Gasteiger partial charge on any atom is 0.228 e. The van der Waals surface area contributed by atoms with E-state index in [1.807, 2.05) is 4.90 Å². The van der Waals surface area contributed by atoms with Crippen molar-refractivity contribution in [3.8, 4) is 0 Å². The van der Waals surface area contributed by atoms with E-state index in [2.05, 4.69) is 6.92 Å². The van der Waals surface area contributed by atoms with Crippen LogP contribution in [0.3, 0.4) is 0 Å². The molecule has 2 fully saturated rings. The molecule has 0 bridgehead atoms. The monoisotopic (exact) mass is 212 g/mol. The molecule has 0 aromatic heterocycles.